The normalized spacial score (nSPS) is 18.4. The van der Waals surface area contributed by atoms with E-state index in [1.54, 1.807) is 0 Å². The zero-order valence-corrected chi connectivity index (χ0v) is 14.0. The summed E-state index contributed by atoms with van der Waals surface area (Å²) in [5.74, 6) is 2.44. The molecule has 0 bridgehead atoms. The molecule has 1 aromatic heterocycles. The van der Waals surface area contributed by atoms with Crippen LogP contribution in [-0.2, 0) is 13.0 Å². The third kappa shape index (κ3) is 3.45. The molecule has 2 N–H and O–H groups in total. The van der Waals surface area contributed by atoms with Gasteiger partial charge < -0.3 is 15.3 Å². The average molecular weight is 312 g/mol. The molecule has 23 heavy (non-hydrogen) atoms. The summed E-state index contributed by atoms with van der Waals surface area (Å²) in [6.07, 6.45) is 1.02. The van der Waals surface area contributed by atoms with Crippen molar-refractivity contribution in [3.05, 3.63) is 47.3 Å². The first-order valence-corrected chi connectivity index (χ1v) is 8.13. The van der Waals surface area contributed by atoms with Crippen LogP contribution in [0.3, 0.4) is 0 Å². The summed E-state index contributed by atoms with van der Waals surface area (Å²) in [5, 5.41) is 12.4. The number of aliphatic hydroxyl groups excluding tert-OH is 1. The summed E-state index contributed by atoms with van der Waals surface area (Å²) in [6, 6.07) is 10.9. The Morgan fingerprint density at radius 1 is 1.30 bits per heavy atom. The van der Waals surface area contributed by atoms with Gasteiger partial charge in [-0.25, -0.2) is 9.97 Å². The lowest BCUT2D eigenvalue weighted by atomic mass is 9.95. The van der Waals surface area contributed by atoms with Gasteiger partial charge in [-0.15, -0.1) is 0 Å². The summed E-state index contributed by atoms with van der Waals surface area (Å²) in [4.78, 5) is 11.4. The van der Waals surface area contributed by atoms with Gasteiger partial charge in [0.2, 0.25) is 0 Å². The Hall–Kier alpha value is -2.14. The minimum Gasteiger partial charge on any atom is -0.394 e. The number of hydrogen-bond acceptors (Lipinski definition) is 5. The van der Waals surface area contributed by atoms with Crippen LogP contribution < -0.4 is 10.2 Å². The fourth-order valence-corrected chi connectivity index (χ4v) is 3.06. The van der Waals surface area contributed by atoms with Crippen LogP contribution >= 0.6 is 0 Å². The molecule has 2 aromatic rings. The van der Waals surface area contributed by atoms with Crippen LogP contribution in [0.2, 0.25) is 0 Å². The Morgan fingerprint density at radius 3 is 2.78 bits per heavy atom. The van der Waals surface area contributed by atoms with Gasteiger partial charge in [0.05, 0.1) is 6.61 Å². The van der Waals surface area contributed by atoms with E-state index < -0.39 is 0 Å². The molecule has 0 amide bonds. The number of aliphatic hydroxyl groups is 1. The molecular formula is C18H24N4O. The van der Waals surface area contributed by atoms with Crippen LogP contribution in [0.15, 0.2) is 30.3 Å². The number of nitrogens with zero attached hydrogens (tertiary/aromatic N) is 3. The number of hydrogen-bond donors (Lipinski definition) is 2. The van der Waals surface area contributed by atoms with Crippen molar-refractivity contribution in [2.24, 2.45) is 0 Å². The number of aryl methyl sites for hydroxylation is 1. The average Bonchev–Trinajstić information content (AvgIpc) is 2.53. The highest BCUT2D eigenvalue weighted by atomic mass is 16.3. The summed E-state index contributed by atoms with van der Waals surface area (Å²) in [5.41, 5.74) is 2.79. The van der Waals surface area contributed by atoms with E-state index in [2.05, 4.69) is 51.4 Å². The van der Waals surface area contributed by atoms with Crippen molar-refractivity contribution in [2.45, 2.75) is 45.8 Å². The lowest BCUT2D eigenvalue weighted by Gasteiger charge is -2.36. The van der Waals surface area contributed by atoms with Crippen molar-refractivity contribution in [2.75, 3.05) is 16.8 Å². The monoisotopic (exact) mass is 312 g/mol. The van der Waals surface area contributed by atoms with Gasteiger partial charge in [-0.05, 0) is 38.3 Å². The van der Waals surface area contributed by atoms with E-state index in [4.69, 9.17) is 0 Å². The highest BCUT2D eigenvalue weighted by molar-refractivity contribution is 5.52. The maximum absolute atomic E-state index is 9.22. The topological polar surface area (TPSA) is 61.3 Å². The van der Waals surface area contributed by atoms with Gasteiger partial charge in [-0.2, -0.15) is 0 Å². The third-order valence-electron chi connectivity index (χ3n) is 4.29. The molecule has 3 rings (SSSR count). The van der Waals surface area contributed by atoms with Crippen molar-refractivity contribution >= 4 is 11.6 Å². The summed E-state index contributed by atoms with van der Waals surface area (Å²) >= 11 is 0. The molecule has 2 atom stereocenters. The Bertz CT molecular complexity index is 688. The first-order chi connectivity index (χ1) is 11.1. The molecule has 0 unspecified atom stereocenters. The van der Waals surface area contributed by atoms with Gasteiger partial charge in [-0.3, -0.25) is 0 Å². The predicted octanol–water partition coefficient (Wildman–Crippen LogP) is 2.53. The van der Waals surface area contributed by atoms with Crippen molar-refractivity contribution in [3.8, 4) is 0 Å². The molecule has 0 aliphatic carbocycles. The molecular weight excluding hydrogens is 288 g/mol. The SMILES string of the molecule is Cc1nc(N[C@H](C)CO)cc(N2Cc3ccccc3C[C@H]2C)n1. The van der Waals surface area contributed by atoms with E-state index in [0.29, 0.717) is 6.04 Å². The predicted molar refractivity (Wildman–Crippen MR) is 92.7 cm³/mol. The molecule has 0 fully saturated rings. The van der Waals surface area contributed by atoms with E-state index in [9.17, 15) is 5.11 Å². The largest absolute Gasteiger partial charge is 0.394 e. The van der Waals surface area contributed by atoms with Gasteiger partial charge in [0, 0.05) is 24.7 Å². The van der Waals surface area contributed by atoms with E-state index >= 15 is 0 Å². The van der Waals surface area contributed by atoms with Gasteiger partial charge in [0.1, 0.15) is 17.5 Å². The van der Waals surface area contributed by atoms with E-state index in [1.807, 2.05) is 19.9 Å². The summed E-state index contributed by atoms with van der Waals surface area (Å²) < 4.78 is 0. The number of benzene rings is 1. The van der Waals surface area contributed by atoms with Crippen molar-refractivity contribution in [1.82, 2.24) is 9.97 Å². The number of nitrogens with one attached hydrogen (secondary N) is 1. The van der Waals surface area contributed by atoms with Crippen LogP contribution in [0.25, 0.3) is 0 Å². The highest BCUT2D eigenvalue weighted by Gasteiger charge is 2.24. The zero-order valence-electron chi connectivity index (χ0n) is 14.0. The Balaban J connectivity index is 1.89. The molecule has 122 valence electrons. The molecule has 0 radical (unpaired) electrons. The third-order valence-corrected chi connectivity index (χ3v) is 4.29. The van der Waals surface area contributed by atoms with Crippen molar-refractivity contribution in [1.29, 1.82) is 0 Å². The molecule has 1 aliphatic heterocycles. The van der Waals surface area contributed by atoms with Crippen molar-refractivity contribution < 1.29 is 5.11 Å². The number of anilines is 2. The van der Waals surface area contributed by atoms with Gasteiger partial charge >= 0.3 is 0 Å². The zero-order chi connectivity index (χ0) is 16.4. The number of aromatic nitrogens is 2. The maximum atomic E-state index is 9.22. The fraction of sp³-hybridized carbons (Fsp3) is 0.444. The Labute approximate surface area is 137 Å². The second kappa shape index (κ2) is 6.54. The van der Waals surface area contributed by atoms with Crippen LogP contribution in [-0.4, -0.2) is 33.8 Å². The summed E-state index contributed by atoms with van der Waals surface area (Å²) in [7, 11) is 0. The van der Waals surface area contributed by atoms with E-state index in [0.717, 1.165) is 30.4 Å². The molecule has 5 nitrogen and oxygen atoms in total. The number of rotatable bonds is 4. The second-order valence-electron chi connectivity index (χ2n) is 6.34. The molecule has 5 heteroatoms. The van der Waals surface area contributed by atoms with Crippen molar-refractivity contribution in [3.63, 3.8) is 0 Å². The smallest absolute Gasteiger partial charge is 0.134 e. The summed E-state index contributed by atoms with van der Waals surface area (Å²) in [6.45, 7) is 7.00. The van der Waals surface area contributed by atoms with Gasteiger partial charge in [0.15, 0.2) is 0 Å². The second-order valence-corrected chi connectivity index (χ2v) is 6.34. The van der Waals surface area contributed by atoms with E-state index in [-0.39, 0.29) is 12.6 Å². The Kier molecular flexibility index (Phi) is 4.48. The first-order valence-electron chi connectivity index (χ1n) is 8.13. The molecule has 0 saturated heterocycles. The first kappa shape index (κ1) is 15.7. The van der Waals surface area contributed by atoms with Gasteiger partial charge in [0.25, 0.3) is 0 Å². The maximum Gasteiger partial charge on any atom is 0.134 e. The van der Waals surface area contributed by atoms with Crippen LogP contribution in [0.5, 0.6) is 0 Å². The van der Waals surface area contributed by atoms with E-state index in [1.165, 1.54) is 11.1 Å². The minimum atomic E-state index is -0.0309. The standard InChI is InChI=1S/C18H24N4O/c1-12(11-23)19-17-9-18(21-14(3)20-17)22-10-16-7-5-4-6-15(16)8-13(22)2/h4-7,9,12-13,23H,8,10-11H2,1-3H3,(H,19,20,21)/t12-,13-/m1/s1. The van der Waals surface area contributed by atoms with Crippen LogP contribution in [0, 0.1) is 6.92 Å². The van der Waals surface area contributed by atoms with Crippen LogP contribution in [0.4, 0.5) is 11.6 Å². The minimum absolute atomic E-state index is 0.0309. The quantitative estimate of drug-likeness (QED) is 0.908. The molecule has 1 aromatic carbocycles. The highest BCUT2D eigenvalue weighted by Crippen LogP contribution is 2.28. The Morgan fingerprint density at radius 2 is 2.04 bits per heavy atom. The van der Waals surface area contributed by atoms with Gasteiger partial charge in [-0.1, -0.05) is 24.3 Å². The molecule has 0 spiro atoms. The molecule has 1 aliphatic rings. The van der Waals surface area contributed by atoms with Crippen LogP contribution in [0.1, 0.15) is 30.8 Å². The number of fused-ring (bicyclic) bond motifs is 1. The molecule has 0 saturated carbocycles. The lowest BCUT2D eigenvalue weighted by Crippen LogP contribution is -2.39. The lowest BCUT2D eigenvalue weighted by molar-refractivity contribution is 0.281. The molecule has 2 heterocycles. The fourth-order valence-electron chi connectivity index (χ4n) is 3.06.